The average Bonchev–Trinajstić information content (AvgIpc) is 2.89. The van der Waals surface area contributed by atoms with Gasteiger partial charge in [-0.15, -0.1) is 0 Å². The molecule has 2 rings (SSSR count). The van der Waals surface area contributed by atoms with Gasteiger partial charge in [-0.3, -0.25) is 10.00 Å². The number of hydrogen-bond acceptors (Lipinski definition) is 3. The molecule has 0 fully saturated rings. The zero-order valence-corrected chi connectivity index (χ0v) is 12.5. The van der Waals surface area contributed by atoms with Crippen molar-refractivity contribution in [3.63, 3.8) is 0 Å². The van der Waals surface area contributed by atoms with Crippen molar-refractivity contribution < 1.29 is 9.90 Å². The SMILES string of the molecule is CCCNC(Cn1cc(Cl)cn1)(C(=O)O)c1ccccc1. The van der Waals surface area contributed by atoms with Gasteiger partial charge in [-0.2, -0.15) is 5.10 Å². The van der Waals surface area contributed by atoms with Crippen molar-refractivity contribution in [3.05, 3.63) is 53.3 Å². The van der Waals surface area contributed by atoms with Gasteiger partial charge in [0.25, 0.3) is 0 Å². The lowest BCUT2D eigenvalue weighted by Gasteiger charge is -2.31. The fraction of sp³-hybridized carbons (Fsp3) is 0.333. The van der Waals surface area contributed by atoms with Crippen LogP contribution in [0.2, 0.25) is 5.02 Å². The summed E-state index contributed by atoms with van der Waals surface area (Å²) in [7, 11) is 0. The molecule has 0 aliphatic rings. The molecule has 0 amide bonds. The molecular formula is C15H18ClN3O2. The molecule has 0 saturated carbocycles. The molecule has 5 nitrogen and oxygen atoms in total. The van der Waals surface area contributed by atoms with E-state index in [1.165, 1.54) is 6.20 Å². The van der Waals surface area contributed by atoms with Gasteiger partial charge in [0.2, 0.25) is 0 Å². The van der Waals surface area contributed by atoms with Gasteiger partial charge in [0, 0.05) is 6.20 Å². The van der Waals surface area contributed by atoms with E-state index in [0.29, 0.717) is 17.1 Å². The van der Waals surface area contributed by atoms with E-state index in [-0.39, 0.29) is 6.54 Å². The molecule has 1 aromatic heterocycles. The Balaban J connectivity index is 2.42. The summed E-state index contributed by atoms with van der Waals surface area (Å²) >= 11 is 5.87. The summed E-state index contributed by atoms with van der Waals surface area (Å²) in [6.07, 6.45) is 3.95. The Bertz CT molecular complexity index is 600. The second-order valence-electron chi connectivity index (χ2n) is 4.86. The highest BCUT2D eigenvalue weighted by Gasteiger charge is 2.40. The number of halogens is 1. The lowest BCUT2D eigenvalue weighted by Crippen LogP contribution is -2.52. The number of nitrogens with zero attached hydrogens (tertiary/aromatic N) is 2. The summed E-state index contributed by atoms with van der Waals surface area (Å²) in [6.45, 7) is 2.75. The minimum absolute atomic E-state index is 0.166. The molecule has 0 bridgehead atoms. The van der Waals surface area contributed by atoms with E-state index < -0.39 is 11.5 Å². The van der Waals surface area contributed by atoms with Gasteiger partial charge in [0.05, 0.1) is 17.8 Å². The first kappa shape index (κ1) is 15.5. The largest absolute Gasteiger partial charge is 0.480 e. The molecule has 1 atom stereocenters. The highest BCUT2D eigenvalue weighted by Crippen LogP contribution is 2.24. The van der Waals surface area contributed by atoms with Crippen LogP contribution in [0.25, 0.3) is 0 Å². The van der Waals surface area contributed by atoms with Crippen molar-refractivity contribution in [1.82, 2.24) is 15.1 Å². The van der Waals surface area contributed by atoms with E-state index >= 15 is 0 Å². The van der Waals surface area contributed by atoms with Crippen LogP contribution in [-0.2, 0) is 16.9 Å². The van der Waals surface area contributed by atoms with Gasteiger partial charge < -0.3 is 5.11 Å². The van der Waals surface area contributed by atoms with E-state index in [0.717, 1.165) is 6.42 Å². The topological polar surface area (TPSA) is 67.2 Å². The van der Waals surface area contributed by atoms with Crippen molar-refractivity contribution in [2.45, 2.75) is 25.4 Å². The third-order valence-electron chi connectivity index (χ3n) is 3.31. The van der Waals surface area contributed by atoms with Crippen LogP contribution in [0, 0.1) is 0 Å². The molecule has 21 heavy (non-hydrogen) atoms. The van der Waals surface area contributed by atoms with E-state index in [1.54, 1.807) is 10.9 Å². The molecule has 1 heterocycles. The monoisotopic (exact) mass is 307 g/mol. The zero-order valence-electron chi connectivity index (χ0n) is 11.8. The smallest absolute Gasteiger partial charge is 0.330 e. The number of carboxylic acids is 1. The Morgan fingerprint density at radius 3 is 2.67 bits per heavy atom. The summed E-state index contributed by atoms with van der Waals surface area (Å²) in [5.41, 5.74) is -0.537. The van der Waals surface area contributed by atoms with Gasteiger partial charge >= 0.3 is 5.97 Å². The molecule has 0 spiro atoms. The normalized spacial score (nSPS) is 13.8. The number of nitrogens with one attached hydrogen (secondary N) is 1. The van der Waals surface area contributed by atoms with Crippen molar-refractivity contribution in [2.75, 3.05) is 6.54 Å². The Morgan fingerprint density at radius 2 is 2.14 bits per heavy atom. The van der Waals surface area contributed by atoms with Crippen LogP contribution in [0.3, 0.4) is 0 Å². The molecule has 0 aliphatic heterocycles. The number of hydrogen-bond donors (Lipinski definition) is 2. The standard InChI is InChI=1S/C15H18ClN3O2/c1-2-8-17-15(14(20)21,12-6-4-3-5-7-12)11-19-10-13(16)9-18-19/h3-7,9-10,17H,2,8,11H2,1H3,(H,20,21). The summed E-state index contributed by atoms with van der Waals surface area (Å²) in [4.78, 5) is 12.0. The number of rotatable bonds is 7. The van der Waals surface area contributed by atoms with Crippen molar-refractivity contribution in [3.8, 4) is 0 Å². The van der Waals surface area contributed by atoms with Crippen LogP contribution in [0.1, 0.15) is 18.9 Å². The average molecular weight is 308 g/mol. The summed E-state index contributed by atoms with van der Waals surface area (Å²) in [5.74, 6) is -0.936. The van der Waals surface area contributed by atoms with E-state index in [9.17, 15) is 9.90 Å². The van der Waals surface area contributed by atoms with Gasteiger partial charge in [0.15, 0.2) is 5.54 Å². The molecule has 2 aromatic rings. The summed E-state index contributed by atoms with van der Waals surface area (Å²) in [5, 5.41) is 17.6. The van der Waals surface area contributed by atoms with Crippen LogP contribution in [0.4, 0.5) is 0 Å². The Kier molecular flexibility index (Phi) is 4.98. The van der Waals surface area contributed by atoms with Crippen LogP contribution in [-0.4, -0.2) is 27.4 Å². The maximum absolute atomic E-state index is 12.0. The minimum Gasteiger partial charge on any atom is -0.480 e. The summed E-state index contributed by atoms with van der Waals surface area (Å²) < 4.78 is 1.55. The molecule has 2 N–H and O–H groups in total. The third-order valence-corrected chi connectivity index (χ3v) is 3.50. The van der Waals surface area contributed by atoms with Gasteiger partial charge in [0.1, 0.15) is 0 Å². The van der Waals surface area contributed by atoms with Gasteiger partial charge in [-0.1, -0.05) is 48.9 Å². The Hall–Kier alpha value is -1.85. The van der Waals surface area contributed by atoms with Crippen LogP contribution < -0.4 is 5.32 Å². The lowest BCUT2D eigenvalue weighted by molar-refractivity contribution is -0.146. The Morgan fingerprint density at radius 1 is 1.43 bits per heavy atom. The number of carboxylic acid groups (broad SMARTS) is 1. The molecule has 0 radical (unpaired) electrons. The van der Waals surface area contributed by atoms with Gasteiger partial charge in [-0.25, -0.2) is 4.79 Å². The summed E-state index contributed by atoms with van der Waals surface area (Å²) in [6, 6.07) is 9.14. The fourth-order valence-electron chi connectivity index (χ4n) is 2.24. The second kappa shape index (κ2) is 6.74. The fourth-order valence-corrected chi connectivity index (χ4v) is 2.40. The molecule has 6 heteroatoms. The first-order valence-electron chi connectivity index (χ1n) is 6.80. The number of aromatic nitrogens is 2. The lowest BCUT2D eigenvalue weighted by atomic mass is 9.89. The highest BCUT2D eigenvalue weighted by molar-refractivity contribution is 6.30. The Labute approximate surface area is 128 Å². The van der Waals surface area contributed by atoms with E-state index in [2.05, 4.69) is 10.4 Å². The van der Waals surface area contributed by atoms with Crippen molar-refractivity contribution >= 4 is 17.6 Å². The number of aliphatic carboxylic acids is 1. The maximum Gasteiger partial charge on any atom is 0.330 e. The van der Waals surface area contributed by atoms with Crippen LogP contribution in [0.5, 0.6) is 0 Å². The molecule has 1 unspecified atom stereocenters. The molecular weight excluding hydrogens is 290 g/mol. The number of carbonyl (C=O) groups is 1. The molecule has 0 aliphatic carbocycles. The van der Waals surface area contributed by atoms with E-state index in [1.807, 2.05) is 37.3 Å². The van der Waals surface area contributed by atoms with Crippen molar-refractivity contribution in [1.29, 1.82) is 0 Å². The van der Waals surface area contributed by atoms with E-state index in [4.69, 9.17) is 11.6 Å². The molecule has 0 saturated heterocycles. The van der Waals surface area contributed by atoms with Crippen LogP contribution >= 0.6 is 11.6 Å². The maximum atomic E-state index is 12.0. The minimum atomic E-state index is -1.23. The zero-order chi connectivity index (χ0) is 15.3. The van der Waals surface area contributed by atoms with Gasteiger partial charge in [-0.05, 0) is 18.5 Å². The predicted molar refractivity (Wildman–Crippen MR) is 81.3 cm³/mol. The molecule has 112 valence electrons. The van der Waals surface area contributed by atoms with Crippen molar-refractivity contribution in [2.24, 2.45) is 0 Å². The predicted octanol–water partition coefficient (Wildman–Crippen LogP) is 2.52. The first-order valence-corrected chi connectivity index (χ1v) is 7.18. The third kappa shape index (κ3) is 3.43. The highest BCUT2D eigenvalue weighted by atomic mass is 35.5. The van der Waals surface area contributed by atoms with Crippen LogP contribution in [0.15, 0.2) is 42.7 Å². The second-order valence-corrected chi connectivity index (χ2v) is 5.30. The quantitative estimate of drug-likeness (QED) is 0.825. The number of benzene rings is 1. The first-order chi connectivity index (χ1) is 10.1. The molecule has 1 aromatic carbocycles.